The van der Waals surface area contributed by atoms with Crippen LogP contribution in [0.2, 0.25) is 0 Å². The van der Waals surface area contributed by atoms with Crippen LogP contribution in [0, 0.1) is 5.92 Å². The van der Waals surface area contributed by atoms with Crippen molar-refractivity contribution in [1.82, 2.24) is 0 Å². The molecule has 0 atom stereocenters. The quantitative estimate of drug-likeness (QED) is 0.818. The molecule has 0 saturated carbocycles. The summed E-state index contributed by atoms with van der Waals surface area (Å²) in [6, 6.07) is 5.64. The van der Waals surface area contributed by atoms with E-state index in [9.17, 15) is 9.59 Å². The van der Waals surface area contributed by atoms with Gasteiger partial charge in [-0.3, -0.25) is 9.59 Å². The van der Waals surface area contributed by atoms with Crippen molar-refractivity contribution >= 4 is 17.5 Å². The van der Waals surface area contributed by atoms with Gasteiger partial charge in [-0.25, -0.2) is 4.90 Å². The highest BCUT2D eigenvalue weighted by molar-refractivity contribution is 6.17. The highest BCUT2D eigenvalue weighted by atomic mass is 16.5. The van der Waals surface area contributed by atoms with Crippen molar-refractivity contribution in [2.45, 2.75) is 39.5 Å². The van der Waals surface area contributed by atoms with Gasteiger partial charge in [0.25, 0.3) is 0 Å². The Labute approximate surface area is 131 Å². The molecule has 1 aromatic carbocycles. The van der Waals surface area contributed by atoms with Crippen molar-refractivity contribution in [2.75, 3.05) is 18.1 Å². The Morgan fingerprint density at radius 3 is 2.77 bits per heavy atom. The van der Waals surface area contributed by atoms with Crippen LogP contribution in [0.5, 0.6) is 5.75 Å². The topological polar surface area (TPSA) is 72.6 Å². The van der Waals surface area contributed by atoms with E-state index >= 15 is 0 Å². The fourth-order valence-corrected chi connectivity index (χ4v) is 2.48. The Morgan fingerprint density at radius 1 is 1.32 bits per heavy atom. The number of carbonyl (C=O) groups is 2. The van der Waals surface area contributed by atoms with E-state index in [0.29, 0.717) is 37.4 Å². The third kappa shape index (κ3) is 3.65. The van der Waals surface area contributed by atoms with Crippen molar-refractivity contribution in [3.8, 4) is 5.75 Å². The summed E-state index contributed by atoms with van der Waals surface area (Å²) in [5, 5.41) is 0. The van der Waals surface area contributed by atoms with Crippen molar-refractivity contribution in [3.05, 3.63) is 23.8 Å². The Morgan fingerprint density at radius 2 is 2.09 bits per heavy atom. The lowest BCUT2D eigenvalue weighted by Crippen LogP contribution is -2.42. The van der Waals surface area contributed by atoms with Gasteiger partial charge in [0.05, 0.1) is 12.3 Å². The maximum atomic E-state index is 12.3. The second-order valence-electron chi connectivity index (χ2n) is 5.86. The summed E-state index contributed by atoms with van der Waals surface area (Å²) in [6.45, 7) is 4.84. The molecule has 0 bridgehead atoms. The second kappa shape index (κ2) is 7.40. The summed E-state index contributed by atoms with van der Waals surface area (Å²) in [5.41, 5.74) is 7.15. The lowest BCUT2D eigenvalue weighted by Gasteiger charge is -2.29. The number of anilines is 1. The van der Waals surface area contributed by atoms with E-state index in [1.165, 1.54) is 4.90 Å². The lowest BCUT2D eigenvalue weighted by molar-refractivity contribution is -0.128. The molecule has 22 heavy (non-hydrogen) atoms. The number of amides is 2. The van der Waals surface area contributed by atoms with Crippen molar-refractivity contribution in [2.24, 2.45) is 11.7 Å². The maximum absolute atomic E-state index is 12.3. The predicted molar refractivity (Wildman–Crippen MR) is 85.9 cm³/mol. The number of rotatable bonds is 6. The number of imide groups is 1. The molecule has 0 radical (unpaired) electrons. The number of unbranched alkanes of at least 4 members (excludes halogenated alkanes) is 1. The van der Waals surface area contributed by atoms with Crippen LogP contribution in [-0.2, 0) is 16.0 Å². The van der Waals surface area contributed by atoms with Crippen LogP contribution in [0.25, 0.3) is 0 Å². The molecule has 1 aliphatic heterocycles. The largest absolute Gasteiger partial charge is 0.494 e. The molecule has 0 saturated heterocycles. The van der Waals surface area contributed by atoms with Crippen LogP contribution in [0.15, 0.2) is 18.2 Å². The van der Waals surface area contributed by atoms with Crippen molar-refractivity contribution in [3.63, 3.8) is 0 Å². The third-order valence-corrected chi connectivity index (χ3v) is 3.74. The molecule has 5 nitrogen and oxygen atoms in total. The fourth-order valence-electron chi connectivity index (χ4n) is 2.48. The minimum absolute atomic E-state index is 0.133. The number of carbonyl (C=O) groups excluding carboxylic acids is 2. The first-order valence-electron chi connectivity index (χ1n) is 7.87. The number of hydrogen-bond donors (Lipinski definition) is 1. The molecule has 0 fully saturated rings. The average molecular weight is 304 g/mol. The summed E-state index contributed by atoms with van der Waals surface area (Å²) >= 11 is 0. The number of ether oxygens (including phenoxy) is 1. The SMILES string of the molecule is CC(C)C(=O)N1C(=O)CCc2ccc(OCCCCN)cc21. The molecule has 0 aliphatic carbocycles. The van der Waals surface area contributed by atoms with Crippen LogP contribution >= 0.6 is 0 Å². The third-order valence-electron chi connectivity index (χ3n) is 3.74. The summed E-state index contributed by atoms with van der Waals surface area (Å²) in [5.74, 6) is 0.175. The van der Waals surface area contributed by atoms with Gasteiger partial charge in [0.1, 0.15) is 5.75 Å². The lowest BCUT2D eigenvalue weighted by atomic mass is 9.99. The molecule has 5 heteroatoms. The predicted octanol–water partition coefficient (Wildman–Crippen LogP) is 2.27. The highest BCUT2D eigenvalue weighted by Crippen LogP contribution is 2.32. The molecule has 0 unspecified atom stereocenters. The minimum atomic E-state index is -0.218. The van der Waals surface area contributed by atoms with E-state index in [0.717, 1.165) is 18.4 Å². The molecule has 120 valence electrons. The van der Waals surface area contributed by atoms with E-state index in [1.54, 1.807) is 19.9 Å². The van der Waals surface area contributed by atoms with Crippen LogP contribution in [0.4, 0.5) is 5.69 Å². The van der Waals surface area contributed by atoms with Gasteiger partial charge in [-0.15, -0.1) is 0 Å². The van der Waals surface area contributed by atoms with Crippen LogP contribution in [0.1, 0.15) is 38.7 Å². The van der Waals surface area contributed by atoms with Gasteiger partial charge in [-0.2, -0.15) is 0 Å². The van der Waals surface area contributed by atoms with E-state index in [2.05, 4.69) is 0 Å². The smallest absolute Gasteiger partial charge is 0.236 e. The van der Waals surface area contributed by atoms with Gasteiger partial charge in [-0.05, 0) is 37.4 Å². The highest BCUT2D eigenvalue weighted by Gasteiger charge is 2.31. The molecule has 1 aliphatic rings. The number of benzene rings is 1. The number of aryl methyl sites for hydroxylation is 1. The van der Waals surface area contributed by atoms with Gasteiger partial charge in [0.2, 0.25) is 11.8 Å². The molecule has 2 rings (SSSR count). The van der Waals surface area contributed by atoms with Gasteiger partial charge in [0, 0.05) is 18.4 Å². The normalized spacial score (nSPS) is 14.2. The number of hydrogen-bond acceptors (Lipinski definition) is 4. The van der Waals surface area contributed by atoms with E-state index in [-0.39, 0.29) is 17.7 Å². The molecule has 1 heterocycles. The Kier molecular flexibility index (Phi) is 5.55. The van der Waals surface area contributed by atoms with Gasteiger partial charge < -0.3 is 10.5 Å². The first kappa shape index (κ1) is 16.5. The first-order valence-corrected chi connectivity index (χ1v) is 7.87. The zero-order valence-corrected chi connectivity index (χ0v) is 13.3. The summed E-state index contributed by atoms with van der Waals surface area (Å²) in [6.07, 6.45) is 2.86. The Hall–Kier alpha value is -1.88. The molecular weight excluding hydrogens is 280 g/mol. The Balaban J connectivity index is 2.20. The van der Waals surface area contributed by atoms with Crippen molar-refractivity contribution < 1.29 is 14.3 Å². The average Bonchev–Trinajstić information content (AvgIpc) is 2.50. The fraction of sp³-hybridized carbons (Fsp3) is 0.529. The van der Waals surface area contributed by atoms with Gasteiger partial charge in [-0.1, -0.05) is 19.9 Å². The van der Waals surface area contributed by atoms with Gasteiger partial charge in [0.15, 0.2) is 0 Å². The number of nitrogens with zero attached hydrogens (tertiary/aromatic N) is 1. The summed E-state index contributed by atoms with van der Waals surface area (Å²) in [4.78, 5) is 25.8. The van der Waals surface area contributed by atoms with Crippen LogP contribution in [0.3, 0.4) is 0 Å². The maximum Gasteiger partial charge on any atom is 0.236 e. The molecule has 2 amide bonds. The summed E-state index contributed by atoms with van der Waals surface area (Å²) < 4.78 is 5.69. The Bertz CT molecular complexity index is 555. The van der Waals surface area contributed by atoms with E-state index < -0.39 is 0 Å². The number of nitrogens with two attached hydrogens (primary N) is 1. The molecule has 0 spiro atoms. The zero-order valence-electron chi connectivity index (χ0n) is 13.3. The van der Waals surface area contributed by atoms with Gasteiger partial charge >= 0.3 is 0 Å². The van der Waals surface area contributed by atoms with Crippen molar-refractivity contribution in [1.29, 1.82) is 0 Å². The van der Waals surface area contributed by atoms with E-state index in [1.807, 2.05) is 12.1 Å². The monoisotopic (exact) mass is 304 g/mol. The minimum Gasteiger partial charge on any atom is -0.494 e. The van der Waals surface area contributed by atoms with E-state index in [4.69, 9.17) is 10.5 Å². The molecule has 1 aromatic rings. The first-order chi connectivity index (χ1) is 10.5. The standard InChI is InChI=1S/C17H24N2O3/c1-12(2)17(21)19-15-11-14(22-10-4-3-9-18)7-5-13(15)6-8-16(19)20/h5,7,11-12H,3-4,6,8-10,18H2,1-2H3. The van der Waals surface area contributed by atoms with Crippen LogP contribution < -0.4 is 15.4 Å². The molecule has 2 N–H and O–H groups in total. The second-order valence-corrected chi connectivity index (χ2v) is 5.86. The molecular formula is C17H24N2O3. The van der Waals surface area contributed by atoms with Crippen LogP contribution in [-0.4, -0.2) is 25.0 Å². The summed E-state index contributed by atoms with van der Waals surface area (Å²) in [7, 11) is 0. The number of fused-ring (bicyclic) bond motifs is 1. The zero-order chi connectivity index (χ0) is 16.1. The molecule has 0 aromatic heterocycles.